The van der Waals surface area contributed by atoms with Gasteiger partial charge in [0.1, 0.15) is 5.82 Å². The van der Waals surface area contributed by atoms with Crippen LogP contribution in [0.15, 0.2) is 33.9 Å². The first-order valence-corrected chi connectivity index (χ1v) is 8.00. The van der Waals surface area contributed by atoms with E-state index >= 15 is 0 Å². The maximum atomic E-state index is 13.0. The van der Waals surface area contributed by atoms with Crippen LogP contribution >= 0.6 is 0 Å². The van der Waals surface area contributed by atoms with Gasteiger partial charge in [-0.15, -0.1) is 0 Å². The Kier molecular flexibility index (Phi) is 4.75. The number of benzene rings is 1. The highest BCUT2D eigenvalue weighted by atomic mass is 19.1. The number of halogens is 1. The molecule has 8 heteroatoms. The van der Waals surface area contributed by atoms with Gasteiger partial charge < -0.3 is 10.6 Å². The summed E-state index contributed by atoms with van der Waals surface area (Å²) >= 11 is 0. The molecule has 24 heavy (non-hydrogen) atoms. The van der Waals surface area contributed by atoms with E-state index < -0.39 is 11.4 Å². The topological polar surface area (TPSA) is 91.8 Å². The Morgan fingerprint density at radius 1 is 1.25 bits per heavy atom. The molecule has 1 aromatic heterocycles. The van der Waals surface area contributed by atoms with Crippen molar-refractivity contribution in [1.82, 2.24) is 19.9 Å². The lowest BCUT2D eigenvalue weighted by atomic mass is 10.1. The second kappa shape index (κ2) is 6.96. The van der Waals surface area contributed by atoms with Crippen LogP contribution in [0.4, 0.5) is 10.3 Å². The van der Waals surface area contributed by atoms with Gasteiger partial charge in [0.2, 0.25) is 5.95 Å². The van der Waals surface area contributed by atoms with E-state index in [2.05, 4.69) is 20.6 Å². The maximum Gasteiger partial charge on any atom is 0.355 e. The number of nitrogens with one attached hydrogen (secondary N) is 3. The summed E-state index contributed by atoms with van der Waals surface area (Å²) in [4.78, 5) is 31.1. The number of hydrogen-bond acceptors (Lipinski definition) is 5. The van der Waals surface area contributed by atoms with Crippen molar-refractivity contribution in [2.75, 3.05) is 18.4 Å². The van der Waals surface area contributed by atoms with E-state index in [1.54, 1.807) is 12.1 Å². The quantitative estimate of drug-likeness (QED) is 0.781. The lowest BCUT2D eigenvalue weighted by Gasteiger charge is -2.23. The summed E-state index contributed by atoms with van der Waals surface area (Å²) in [6.07, 6.45) is 1.45. The van der Waals surface area contributed by atoms with E-state index in [1.807, 2.05) is 6.92 Å². The molecular formula is C16H20FN5O2. The first kappa shape index (κ1) is 16.4. The van der Waals surface area contributed by atoms with Crippen LogP contribution < -0.4 is 22.0 Å². The average Bonchev–Trinajstić information content (AvgIpc) is 2.55. The molecule has 0 saturated carbocycles. The zero-order valence-electron chi connectivity index (χ0n) is 13.4. The molecule has 1 aromatic carbocycles. The number of anilines is 1. The summed E-state index contributed by atoms with van der Waals surface area (Å²) in [5.74, 6) is -0.200. The second-order valence-corrected chi connectivity index (χ2v) is 5.94. The third-order valence-electron chi connectivity index (χ3n) is 4.25. The maximum absolute atomic E-state index is 13.0. The molecular weight excluding hydrogens is 313 g/mol. The second-order valence-electron chi connectivity index (χ2n) is 5.94. The Morgan fingerprint density at radius 2 is 1.92 bits per heavy atom. The molecule has 1 aliphatic heterocycles. The Balaban J connectivity index is 1.81. The van der Waals surface area contributed by atoms with Crippen molar-refractivity contribution in [2.45, 2.75) is 31.8 Å². The third-order valence-corrected chi connectivity index (χ3v) is 4.25. The molecule has 7 nitrogen and oxygen atoms in total. The zero-order valence-corrected chi connectivity index (χ0v) is 13.4. The minimum absolute atomic E-state index is 0.118. The predicted molar refractivity (Wildman–Crippen MR) is 88.7 cm³/mol. The third kappa shape index (κ3) is 3.53. The summed E-state index contributed by atoms with van der Waals surface area (Å²) in [7, 11) is 0. The highest BCUT2D eigenvalue weighted by molar-refractivity contribution is 5.30. The van der Waals surface area contributed by atoms with E-state index in [1.165, 1.54) is 16.7 Å². The highest BCUT2D eigenvalue weighted by Crippen LogP contribution is 2.17. The molecule has 0 amide bonds. The molecule has 1 atom stereocenters. The van der Waals surface area contributed by atoms with Gasteiger partial charge in [-0.25, -0.2) is 18.5 Å². The van der Waals surface area contributed by atoms with E-state index in [9.17, 15) is 14.0 Å². The number of piperidine rings is 1. The van der Waals surface area contributed by atoms with Gasteiger partial charge in [-0.1, -0.05) is 12.1 Å². The van der Waals surface area contributed by atoms with Crippen molar-refractivity contribution < 1.29 is 4.39 Å². The van der Waals surface area contributed by atoms with Crippen molar-refractivity contribution in [2.24, 2.45) is 0 Å². The molecule has 1 unspecified atom stereocenters. The van der Waals surface area contributed by atoms with Gasteiger partial charge in [0.25, 0.3) is 0 Å². The van der Waals surface area contributed by atoms with Crippen molar-refractivity contribution in [3.8, 4) is 0 Å². The number of rotatable bonds is 4. The molecule has 1 fully saturated rings. The highest BCUT2D eigenvalue weighted by Gasteiger charge is 2.20. The van der Waals surface area contributed by atoms with Gasteiger partial charge in [-0.3, -0.25) is 4.98 Å². The molecule has 1 saturated heterocycles. The van der Waals surface area contributed by atoms with Crippen LogP contribution in [0, 0.1) is 5.82 Å². The number of aromatic nitrogens is 3. The number of nitrogens with zero attached hydrogens (tertiary/aromatic N) is 2. The van der Waals surface area contributed by atoms with Crippen LogP contribution in [-0.2, 0) is 0 Å². The predicted octanol–water partition coefficient (Wildman–Crippen LogP) is 1.17. The van der Waals surface area contributed by atoms with Gasteiger partial charge in [-0.05, 0) is 50.6 Å². The van der Waals surface area contributed by atoms with Crippen molar-refractivity contribution in [3.63, 3.8) is 0 Å². The van der Waals surface area contributed by atoms with Crippen LogP contribution in [0.2, 0.25) is 0 Å². The molecule has 0 spiro atoms. The molecule has 0 aliphatic carbocycles. The Bertz CT molecular complexity index is 777. The van der Waals surface area contributed by atoms with E-state index in [0.29, 0.717) is 0 Å². The number of H-pyrrole nitrogens is 1. The Hall–Kier alpha value is -2.48. The largest absolute Gasteiger partial charge is 0.355 e. The van der Waals surface area contributed by atoms with Gasteiger partial charge in [0.05, 0.1) is 6.04 Å². The fraction of sp³-hybridized carbons (Fsp3) is 0.438. The number of hydrogen-bond donors (Lipinski definition) is 3. The molecule has 1 aliphatic rings. The minimum atomic E-state index is -0.556. The number of aromatic amines is 1. The summed E-state index contributed by atoms with van der Waals surface area (Å²) in [5.41, 5.74) is -0.197. The van der Waals surface area contributed by atoms with Gasteiger partial charge >= 0.3 is 11.4 Å². The SMILES string of the molecule is CC(Nc1nc(=O)n(C2CCNCC2)c(=O)[nH]1)c1ccc(F)cc1. The van der Waals surface area contributed by atoms with Crippen LogP contribution in [0.3, 0.4) is 0 Å². The molecule has 3 N–H and O–H groups in total. The van der Waals surface area contributed by atoms with Crippen molar-refractivity contribution in [3.05, 3.63) is 56.6 Å². The summed E-state index contributed by atoms with van der Waals surface area (Å²) < 4.78 is 14.2. The summed E-state index contributed by atoms with van der Waals surface area (Å²) in [6.45, 7) is 3.39. The average molecular weight is 333 g/mol. The van der Waals surface area contributed by atoms with Crippen molar-refractivity contribution in [1.29, 1.82) is 0 Å². The van der Waals surface area contributed by atoms with Crippen LogP contribution in [0.5, 0.6) is 0 Å². The molecule has 0 radical (unpaired) electrons. The lowest BCUT2D eigenvalue weighted by molar-refractivity contribution is 0.345. The lowest BCUT2D eigenvalue weighted by Crippen LogP contribution is -2.43. The van der Waals surface area contributed by atoms with Crippen LogP contribution in [-0.4, -0.2) is 27.6 Å². The Labute approximate surface area is 137 Å². The molecule has 0 bridgehead atoms. The van der Waals surface area contributed by atoms with E-state index in [4.69, 9.17) is 0 Å². The molecule has 128 valence electrons. The normalized spacial score (nSPS) is 16.8. The van der Waals surface area contributed by atoms with E-state index in [0.717, 1.165) is 31.5 Å². The van der Waals surface area contributed by atoms with Crippen LogP contribution in [0.1, 0.15) is 37.4 Å². The Morgan fingerprint density at radius 3 is 2.54 bits per heavy atom. The van der Waals surface area contributed by atoms with E-state index in [-0.39, 0.29) is 23.8 Å². The van der Waals surface area contributed by atoms with Gasteiger partial charge in [0, 0.05) is 6.04 Å². The fourth-order valence-corrected chi connectivity index (χ4v) is 2.92. The fourth-order valence-electron chi connectivity index (χ4n) is 2.92. The first-order chi connectivity index (χ1) is 11.5. The van der Waals surface area contributed by atoms with Gasteiger partial charge in [0.15, 0.2) is 0 Å². The standard InChI is InChI=1S/C16H20FN5O2/c1-10(11-2-4-12(17)5-3-11)19-14-20-15(23)22(16(24)21-14)13-6-8-18-9-7-13/h2-5,10,13,18H,6-9H2,1H3,(H2,19,20,21,23,24). The first-order valence-electron chi connectivity index (χ1n) is 8.00. The van der Waals surface area contributed by atoms with Gasteiger partial charge in [-0.2, -0.15) is 4.98 Å². The van der Waals surface area contributed by atoms with Crippen LogP contribution in [0.25, 0.3) is 0 Å². The summed E-state index contributed by atoms with van der Waals surface area (Å²) in [6, 6.07) is 5.64. The minimum Gasteiger partial charge on any atom is -0.349 e. The smallest absolute Gasteiger partial charge is 0.349 e. The van der Waals surface area contributed by atoms with Crippen molar-refractivity contribution >= 4 is 5.95 Å². The monoisotopic (exact) mass is 333 g/mol. The molecule has 3 rings (SSSR count). The summed E-state index contributed by atoms with van der Waals surface area (Å²) in [5, 5.41) is 6.17. The zero-order chi connectivity index (χ0) is 17.1. The molecule has 2 heterocycles. The molecule has 2 aromatic rings.